The van der Waals surface area contributed by atoms with Crippen LogP contribution in [0.5, 0.6) is 0 Å². The molecule has 4 rings (SSSR count). The molecule has 2 aromatic rings. The largest absolute Gasteiger partial charge is 1.00 e. The highest BCUT2D eigenvalue weighted by Gasteiger charge is 2.36. The number of benzene rings is 2. The minimum atomic E-state index is -1.39. The molecule has 0 saturated heterocycles. The fourth-order valence-corrected chi connectivity index (χ4v) is 8.39. The lowest BCUT2D eigenvalue weighted by Crippen LogP contribution is -3.00. The first-order chi connectivity index (χ1) is 18.5. The van der Waals surface area contributed by atoms with E-state index in [9.17, 15) is 19.2 Å². The monoisotopic (exact) mass is 583 g/mol. The molecule has 0 unspecified atom stereocenters. The highest BCUT2D eigenvalue weighted by molar-refractivity contribution is 6.77. The van der Waals surface area contributed by atoms with E-state index in [1.165, 1.54) is 28.7 Å². The van der Waals surface area contributed by atoms with Crippen molar-refractivity contribution in [3.63, 3.8) is 0 Å². The van der Waals surface area contributed by atoms with Gasteiger partial charge < -0.3 is 16.9 Å². The third kappa shape index (κ3) is 7.27. The number of hydrogen-bond donors (Lipinski definition) is 0. The lowest BCUT2D eigenvalue weighted by Gasteiger charge is -2.30. The summed E-state index contributed by atoms with van der Waals surface area (Å²) in [5, 5.41) is 0. The van der Waals surface area contributed by atoms with Crippen molar-refractivity contribution in [2.45, 2.75) is 57.3 Å². The number of imide groups is 2. The number of fused-ring (bicyclic) bond motifs is 2. The molecule has 0 bridgehead atoms. The maximum absolute atomic E-state index is 12.6. The maximum Gasteiger partial charge on any atom is 0.261 e. The first-order valence-corrected chi connectivity index (χ1v) is 17.6. The number of nitrogens with zero attached hydrogens (tertiary/aromatic N) is 3. The number of amides is 4. The van der Waals surface area contributed by atoms with Gasteiger partial charge in [-0.3, -0.25) is 29.0 Å². The molecule has 216 valence electrons. The first-order valence-electron chi connectivity index (χ1n) is 14.2. The molecular formula is C31H42ClN3O4Si. The maximum atomic E-state index is 12.6. The number of unbranched alkanes of at least 4 members (excludes halogenated alkanes) is 2. The van der Waals surface area contributed by atoms with Crippen LogP contribution in [0.1, 0.15) is 73.5 Å². The van der Waals surface area contributed by atoms with Crippen molar-refractivity contribution in [3.05, 3.63) is 70.8 Å². The summed E-state index contributed by atoms with van der Waals surface area (Å²) in [6.07, 6.45) is 5.23. The summed E-state index contributed by atoms with van der Waals surface area (Å²) in [6.45, 7) is 7.79. The summed E-state index contributed by atoms with van der Waals surface area (Å²) in [7, 11) is 3.05. The number of hydrogen-bond acceptors (Lipinski definition) is 4. The number of carbonyl (C=O) groups excluding carboxylic acids is 4. The standard InChI is InChI=1S/C31H42N3O4Si.ClH/c1-34(2,21-12-18-32-28(35)24-14-6-7-15-25(24)29(32)36)20-10-5-11-22-39(3,4)23-13-19-33-30(37)26-16-8-9-17-27(26)31(33)38;/h6-9,14-17H,5,10-13,18-23H2,1-4H3;1H/q+1;/p-1. The van der Waals surface area contributed by atoms with Crippen molar-refractivity contribution in [2.75, 3.05) is 40.3 Å². The first kappa shape index (κ1) is 31.7. The molecule has 0 saturated carbocycles. The topological polar surface area (TPSA) is 74.8 Å². The van der Waals surface area contributed by atoms with Gasteiger partial charge in [-0.25, -0.2) is 0 Å². The SMILES string of the molecule is C[N+](C)(CCCCC[Si](C)(C)CCCN1C(=O)c2ccccc2C1=O)CCCN1C(=O)c2ccccc2C1=O.[Cl-]. The Morgan fingerprint density at radius 1 is 0.575 bits per heavy atom. The minimum absolute atomic E-state index is 0. The molecule has 0 N–H and O–H groups in total. The Morgan fingerprint density at radius 3 is 1.40 bits per heavy atom. The van der Waals surface area contributed by atoms with Gasteiger partial charge in [-0.15, -0.1) is 0 Å². The van der Waals surface area contributed by atoms with Gasteiger partial charge in [0, 0.05) is 27.6 Å². The lowest BCUT2D eigenvalue weighted by atomic mass is 10.1. The molecule has 9 heteroatoms. The Bertz CT molecular complexity index is 1100. The summed E-state index contributed by atoms with van der Waals surface area (Å²) < 4.78 is 0.879. The summed E-state index contributed by atoms with van der Waals surface area (Å²) in [4.78, 5) is 53.1. The van der Waals surface area contributed by atoms with E-state index in [1.807, 2.05) is 12.1 Å². The Morgan fingerprint density at radius 2 is 0.950 bits per heavy atom. The van der Waals surface area contributed by atoms with E-state index in [0.29, 0.717) is 35.3 Å². The summed E-state index contributed by atoms with van der Waals surface area (Å²) in [5.41, 5.74) is 2.10. The average Bonchev–Trinajstić information content (AvgIpc) is 3.29. The lowest BCUT2D eigenvalue weighted by molar-refractivity contribution is -0.890. The van der Waals surface area contributed by atoms with Crippen molar-refractivity contribution in [2.24, 2.45) is 0 Å². The number of halogens is 1. The van der Waals surface area contributed by atoms with Crippen LogP contribution in [0.4, 0.5) is 0 Å². The second kappa shape index (κ2) is 13.2. The van der Waals surface area contributed by atoms with Crippen LogP contribution in [0.25, 0.3) is 0 Å². The van der Waals surface area contributed by atoms with Crippen LogP contribution >= 0.6 is 0 Å². The van der Waals surface area contributed by atoms with E-state index in [2.05, 4.69) is 27.2 Å². The van der Waals surface area contributed by atoms with Crippen molar-refractivity contribution >= 4 is 31.7 Å². The smallest absolute Gasteiger partial charge is 0.261 e. The van der Waals surface area contributed by atoms with Crippen LogP contribution in [-0.2, 0) is 0 Å². The molecule has 2 aliphatic heterocycles. The zero-order valence-corrected chi connectivity index (χ0v) is 26.0. The molecule has 2 heterocycles. The predicted molar refractivity (Wildman–Crippen MR) is 156 cm³/mol. The molecule has 0 atom stereocenters. The molecule has 0 spiro atoms. The molecule has 0 fully saturated rings. The quantitative estimate of drug-likeness (QED) is 0.148. The van der Waals surface area contributed by atoms with Gasteiger partial charge in [-0.2, -0.15) is 0 Å². The Labute approximate surface area is 245 Å². The van der Waals surface area contributed by atoms with Crippen LogP contribution in [-0.4, -0.2) is 86.3 Å². The van der Waals surface area contributed by atoms with Gasteiger partial charge >= 0.3 is 0 Å². The van der Waals surface area contributed by atoms with Gasteiger partial charge in [0.1, 0.15) is 0 Å². The summed E-state index contributed by atoms with van der Waals surface area (Å²) >= 11 is 0. The van der Waals surface area contributed by atoms with E-state index < -0.39 is 8.07 Å². The van der Waals surface area contributed by atoms with Crippen LogP contribution in [0.2, 0.25) is 25.2 Å². The van der Waals surface area contributed by atoms with E-state index in [-0.39, 0.29) is 36.0 Å². The van der Waals surface area contributed by atoms with E-state index in [0.717, 1.165) is 42.9 Å². The third-order valence-electron chi connectivity index (χ3n) is 8.25. The second-order valence-corrected chi connectivity index (χ2v) is 17.8. The van der Waals surface area contributed by atoms with Gasteiger partial charge in [0.05, 0.1) is 49.4 Å². The molecule has 0 radical (unpaired) electrons. The highest BCUT2D eigenvalue weighted by atomic mass is 35.5. The zero-order valence-electron chi connectivity index (χ0n) is 24.2. The van der Waals surface area contributed by atoms with Crippen molar-refractivity contribution in [3.8, 4) is 0 Å². The predicted octanol–water partition coefficient (Wildman–Crippen LogP) is 2.32. The zero-order chi connectivity index (χ0) is 28.2. The number of quaternary nitrogens is 1. The normalized spacial score (nSPS) is 15.0. The Hall–Kier alpha value is -2.81. The van der Waals surface area contributed by atoms with Crippen LogP contribution in [0, 0.1) is 0 Å². The fourth-order valence-electron chi connectivity index (χ4n) is 5.81. The van der Waals surface area contributed by atoms with Crippen molar-refractivity contribution in [1.29, 1.82) is 0 Å². The Balaban J connectivity index is 0.00000441. The van der Waals surface area contributed by atoms with Crippen LogP contribution in [0.15, 0.2) is 48.5 Å². The van der Waals surface area contributed by atoms with E-state index in [4.69, 9.17) is 0 Å². The van der Waals surface area contributed by atoms with Crippen LogP contribution < -0.4 is 12.4 Å². The highest BCUT2D eigenvalue weighted by Crippen LogP contribution is 2.26. The molecule has 2 aliphatic rings. The molecule has 2 aromatic carbocycles. The minimum Gasteiger partial charge on any atom is -1.00 e. The van der Waals surface area contributed by atoms with Crippen molar-refractivity contribution in [1.82, 2.24) is 9.80 Å². The molecular weight excluding hydrogens is 542 g/mol. The van der Waals surface area contributed by atoms with Crippen molar-refractivity contribution < 1.29 is 36.1 Å². The third-order valence-corrected chi connectivity index (χ3v) is 11.7. The molecule has 0 aromatic heterocycles. The van der Waals surface area contributed by atoms with Gasteiger partial charge in [-0.05, 0) is 43.5 Å². The molecule has 7 nitrogen and oxygen atoms in total. The van der Waals surface area contributed by atoms with Gasteiger partial charge in [-0.1, -0.05) is 55.9 Å². The summed E-state index contributed by atoms with van der Waals surface area (Å²) in [6, 6.07) is 16.5. The van der Waals surface area contributed by atoms with E-state index >= 15 is 0 Å². The van der Waals surface area contributed by atoms with Gasteiger partial charge in [0.25, 0.3) is 23.6 Å². The van der Waals surface area contributed by atoms with Gasteiger partial charge in [0.2, 0.25) is 0 Å². The number of carbonyl (C=O) groups is 4. The average molecular weight is 584 g/mol. The summed E-state index contributed by atoms with van der Waals surface area (Å²) in [5.74, 6) is -0.646. The second-order valence-electron chi connectivity index (χ2n) is 12.4. The fraction of sp³-hybridized carbons (Fsp3) is 0.484. The molecule has 40 heavy (non-hydrogen) atoms. The molecule has 0 aliphatic carbocycles. The van der Waals surface area contributed by atoms with E-state index in [1.54, 1.807) is 36.4 Å². The molecule has 4 amide bonds. The Kier molecular flexibility index (Phi) is 10.5. The van der Waals surface area contributed by atoms with Gasteiger partial charge in [0.15, 0.2) is 0 Å². The number of rotatable bonds is 14. The van der Waals surface area contributed by atoms with Crippen LogP contribution in [0.3, 0.4) is 0 Å².